The summed E-state index contributed by atoms with van der Waals surface area (Å²) >= 11 is 5.99. The van der Waals surface area contributed by atoms with Crippen LogP contribution in [0.25, 0.3) is 10.9 Å². The van der Waals surface area contributed by atoms with Crippen LogP contribution in [0.15, 0.2) is 52.7 Å². The fraction of sp³-hybridized carbons (Fsp3) is 0.133. The molecule has 10 heteroatoms. The lowest BCUT2D eigenvalue weighted by Crippen LogP contribution is -2.37. The van der Waals surface area contributed by atoms with Gasteiger partial charge >= 0.3 is 0 Å². The van der Waals surface area contributed by atoms with Crippen LogP contribution in [0.3, 0.4) is 0 Å². The van der Waals surface area contributed by atoms with Gasteiger partial charge in [0.15, 0.2) is 7.05 Å². The van der Waals surface area contributed by atoms with E-state index in [2.05, 4.69) is 16.3 Å². The molecule has 2 N–H and O–H groups in total. The van der Waals surface area contributed by atoms with Gasteiger partial charge in [-0.1, -0.05) is 23.7 Å². The maximum absolute atomic E-state index is 8.25. The van der Waals surface area contributed by atoms with Gasteiger partial charge in [-0.15, -0.1) is 19.6 Å². The largest absolute Gasteiger partial charge is 0.398 e. The Morgan fingerprint density at radius 1 is 1.20 bits per heavy atom. The van der Waals surface area contributed by atoms with Crippen molar-refractivity contribution in [3.05, 3.63) is 62.8 Å². The molecule has 0 saturated heterocycles. The highest BCUT2D eigenvalue weighted by atomic mass is 35.5. The molecule has 0 unspecified atom stereocenters. The summed E-state index contributed by atoms with van der Waals surface area (Å²) in [7, 11) is 3.94. The summed E-state index contributed by atoms with van der Waals surface area (Å²) in [5.74, 6) is 0.793. The number of hydrogen-bond donors (Lipinski definition) is 1. The summed E-state index contributed by atoms with van der Waals surface area (Å²) in [6.07, 6.45) is 0. The van der Waals surface area contributed by atoms with E-state index < -0.39 is 5.09 Å². The number of benzene rings is 2. The zero-order valence-corrected chi connectivity index (χ0v) is 14.2. The monoisotopic (exact) mass is 362 g/mol. The Labute approximate surface area is 147 Å². The number of nitrogens with zero attached hydrogens (tertiary/aromatic N) is 5. The smallest absolute Gasteiger partial charge is 0.240 e. The van der Waals surface area contributed by atoms with Crippen molar-refractivity contribution in [2.24, 2.45) is 24.3 Å². The first kappa shape index (κ1) is 18.1. The highest BCUT2D eigenvalue weighted by molar-refractivity contribution is 6.33. The number of rotatable bonds is 2. The minimum Gasteiger partial charge on any atom is -0.398 e. The van der Waals surface area contributed by atoms with E-state index in [4.69, 9.17) is 32.7 Å². The van der Waals surface area contributed by atoms with Gasteiger partial charge in [0.2, 0.25) is 11.3 Å². The van der Waals surface area contributed by atoms with Gasteiger partial charge in [0.25, 0.3) is 0 Å². The summed E-state index contributed by atoms with van der Waals surface area (Å²) in [5.41, 5.74) is 7.99. The van der Waals surface area contributed by atoms with Crippen LogP contribution >= 0.6 is 11.6 Å². The molecule has 0 saturated carbocycles. The van der Waals surface area contributed by atoms with E-state index in [9.17, 15) is 0 Å². The second kappa shape index (κ2) is 7.58. The van der Waals surface area contributed by atoms with Gasteiger partial charge in [0.1, 0.15) is 0 Å². The molecular weight excluding hydrogens is 348 g/mol. The minimum atomic E-state index is -1.75. The van der Waals surface area contributed by atoms with Gasteiger partial charge in [-0.3, -0.25) is 0 Å². The summed E-state index contributed by atoms with van der Waals surface area (Å²) < 4.78 is 3.98. The minimum absolute atomic E-state index is 0.480. The Bertz CT molecular complexity index is 950. The number of aryl methyl sites for hydroxylation is 1. The van der Waals surface area contributed by atoms with E-state index >= 15 is 0 Å². The first-order chi connectivity index (χ1) is 11.8. The molecule has 0 atom stereocenters. The lowest BCUT2D eigenvalue weighted by molar-refractivity contribution is -0.727. The second-order valence-electron chi connectivity index (χ2n) is 5.02. The molecule has 0 aliphatic heterocycles. The molecule has 1 heterocycles. The van der Waals surface area contributed by atoms with E-state index in [-0.39, 0.29) is 0 Å². The molecule has 25 heavy (non-hydrogen) atoms. The van der Waals surface area contributed by atoms with Crippen LogP contribution in [0.4, 0.5) is 17.2 Å². The first-order valence-electron chi connectivity index (χ1n) is 7.03. The van der Waals surface area contributed by atoms with Gasteiger partial charge in [0.05, 0.1) is 33.9 Å². The number of anilines is 1. The van der Waals surface area contributed by atoms with Crippen LogP contribution < -0.4 is 10.4 Å². The molecule has 1 aromatic heterocycles. The van der Waals surface area contributed by atoms with E-state index in [1.54, 1.807) is 18.2 Å². The predicted molar refractivity (Wildman–Crippen MR) is 94.5 cm³/mol. The summed E-state index contributed by atoms with van der Waals surface area (Å²) in [6.45, 7) is 0. The number of fused-ring (bicyclic) bond motifs is 1. The fourth-order valence-electron chi connectivity index (χ4n) is 2.22. The number of aromatic nitrogens is 2. The Balaban J connectivity index is 0.000000511. The standard InChI is InChI=1S/C15H14ClN5.NO3/c1-20-14-6-4-3-5-11(14)15(21(20)2)19-18-10-7-8-13(17)12(16)9-10;2-1(3)4/h3-9,17H,1-2H3;/q;-1/p+1. The van der Waals surface area contributed by atoms with Crippen LogP contribution in [0.1, 0.15) is 0 Å². The van der Waals surface area contributed by atoms with Crippen molar-refractivity contribution in [1.82, 2.24) is 4.68 Å². The number of para-hydroxylation sites is 1. The molecule has 0 aliphatic rings. The van der Waals surface area contributed by atoms with Crippen molar-refractivity contribution in [1.29, 1.82) is 0 Å². The molecule has 0 radical (unpaired) electrons. The number of nitrogens with two attached hydrogens (primary N) is 1. The molecule has 0 spiro atoms. The van der Waals surface area contributed by atoms with Crippen molar-refractivity contribution in [3.63, 3.8) is 0 Å². The second-order valence-corrected chi connectivity index (χ2v) is 5.42. The van der Waals surface area contributed by atoms with Crippen molar-refractivity contribution in [2.75, 3.05) is 5.73 Å². The van der Waals surface area contributed by atoms with Gasteiger partial charge in [-0.2, -0.15) is 0 Å². The molecule has 0 amide bonds. The lowest BCUT2D eigenvalue weighted by Gasteiger charge is -1.98. The summed E-state index contributed by atoms with van der Waals surface area (Å²) in [4.78, 5) is 8.25. The molecule has 2 aromatic carbocycles. The number of hydrogen-bond acceptors (Lipinski definition) is 6. The van der Waals surface area contributed by atoms with Gasteiger partial charge in [0, 0.05) is 6.07 Å². The first-order valence-corrected chi connectivity index (χ1v) is 7.41. The molecule has 130 valence electrons. The van der Waals surface area contributed by atoms with Crippen molar-refractivity contribution in [2.45, 2.75) is 0 Å². The average Bonchev–Trinajstić information content (AvgIpc) is 2.80. The van der Waals surface area contributed by atoms with Crippen LogP contribution in [0.5, 0.6) is 0 Å². The van der Waals surface area contributed by atoms with Crippen LogP contribution in [0, 0.1) is 15.3 Å². The Hall–Kier alpha value is -3.20. The van der Waals surface area contributed by atoms with Crippen molar-refractivity contribution < 1.29 is 9.77 Å². The molecule has 9 nitrogen and oxygen atoms in total. The molecule has 3 rings (SSSR count). The third kappa shape index (κ3) is 4.21. The number of halogens is 1. The molecular formula is C15H15ClN6O3. The molecule has 0 aliphatic carbocycles. The highest BCUT2D eigenvalue weighted by Gasteiger charge is 2.17. The highest BCUT2D eigenvalue weighted by Crippen LogP contribution is 2.28. The quantitative estimate of drug-likeness (QED) is 0.246. The Kier molecular flexibility index (Phi) is 5.50. The van der Waals surface area contributed by atoms with Crippen LogP contribution in [-0.4, -0.2) is 9.77 Å². The van der Waals surface area contributed by atoms with E-state index in [1.807, 2.05) is 41.7 Å². The van der Waals surface area contributed by atoms with E-state index in [0.29, 0.717) is 16.4 Å². The van der Waals surface area contributed by atoms with Gasteiger partial charge in [-0.05, 0) is 24.3 Å². The van der Waals surface area contributed by atoms with Crippen LogP contribution in [-0.2, 0) is 14.1 Å². The SMILES string of the molecule is Cn1c(N=Nc2ccc(N)c(Cl)c2)c2ccccc2[n+]1C.O=[N+]([O-])[O-]. The average molecular weight is 363 g/mol. The maximum atomic E-state index is 8.25. The van der Waals surface area contributed by atoms with Gasteiger partial charge < -0.3 is 21.1 Å². The lowest BCUT2D eigenvalue weighted by atomic mass is 10.2. The fourth-order valence-corrected chi connectivity index (χ4v) is 2.40. The number of nitrogen functional groups attached to an aromatic ring is 1. The predicted octanol–water partition coefficient (Wildman–Crippen LogP) is 3.41. The zero-order valence-electron chi connectivity index (χ0n) is 13.5. The third-order valence-corrected chi connectivity index (χ3v) is 3.82. The Morgan fingerprint density at radius 2 is 1.84 bits per heavy atom. The van der Waals surface area contributed by atoms with E-state index in [1.165, 1.54) is 0 Å². The van der Waals surface area contributed by atoms with E-state index in [0.717, 1.165) is 16.7 Å². The number of azo groups is 1. The molecule has 3 aromatic rings. The zero-order chi connectivity index (χ0) is 18.6. The van der Waals surface area contributed by atoms with Crippen LogP contribution in [0.2, 0.25) is 5.02 Å². The van der Waals surface area contributed by atoms with Gasteiger partial charge in [-0.25, -0.2) is 0 Å². The molecule has 0 fully saturated rings. The normalized spacial score (nSPS) is 10.7. The maximum Gasteiger partial charge on any atom is 0.240 e. The summed E-state index contributed by atoms with van der Waals surface area (Å²) in [6, 6.07) is 13.3. The third-order valence-electron chi connectivity index (χ3n) is 3.49. The Morgan fingerprint density at radius 3 is 2.48 bits per heavy atom. The van der Waals surface area contributed by atoms with Crippen molar-refractivity contribution in [3.8, 4) is 0 Å². The summed E-state index contributed by atoms with van der Waals surface area (Å²) in [5, 5.41) is 24.9. The molecule has 0 bridgehead atoms. The van der Waals surface area contributed by atoms with Crippen molar-refractivity contribution >= 4 is 39.7 Å². The topological polar surface area (TPSA) is 126 Å².